The summed E-state index contributed by atoms with van der Waals surface area (Å²) in [5.41, 5.74) is 0.927. The molecule has 0 spiro atoms. The van der Waals surface area contributed by atoms with Crippen molar-refractivity contribution >= 4 is 16.9 Å². The predicted molar refractivity (Wildman–Crippen MR) is 69.8 cm³/mol. The molecule has 1 unspecified atom stereocenters. The summed E-state index contributed by atoms with van der Waals surface area (Å²) in [6.07, 6.45) is 4.14. The molecule has 1 aromatic heterocycles. The topological polar surface area (TPSA) is 77.9 Å². The maximum atomic E-state index is 10.7. The quantitative estimate of drug-likeness (QED) is 0.823. The number of aryl methyl sites for hydroxylation is 1. The zero-order chi connectivity index (χ0) is 13.3. The Balaban J connectivity index is 2.17. The summed E-state index contributed by atoms with van der Waals surface area (Å²) < 4.78 is 21.3. The van der Waals surface area contributed by atoms with E-state index in [9.17, 15) is 8.76 Å². The van der Waals surface area contributed by atoms with Gasteiger partial charge < -0.3 is 9.87 Å². The molecule has 0 aliphatic heterocycles. The minimum atomic E-state index is -2.15. The van der Waals surface area contributed by atoms with Crippen LogP contribution in [-0.4, -0.2) is 24.3 Å². The molecule has 1 atom stereocenters. The molecule has 1 aromatic rings. The van der Waals surface area contributed by atoms with E-state index in [0.717, 1.165) is 11.4 Å². The number of hydrogen-bond acceptors (Lipinski definition) is 5. The van der Waals surface area contributed by atoms with E-state index in [-0.39, 0.29) is 11.3 Å². The van der Waals surface area contributed by atoms with Gasteiger partial charge >= 0.3 is 0 Å². The largest absolute Gasteiger partial charge is 0.772 e. The van der Waals surface area contributed by atoms with E-state index in [1.165, 1.54) is 12.8 Å². The van der Waals surface area contributed by atoms with Crippen LogP contribution in [0.4, 0.5) is 5.82 Å². The molecule has 0 saturated heterocycles. The molecule has 1 N–H and O–H groups in total. The first-order valence-corrected chi connectivity index (χ1v) is 7.29. The van der Waals surface area contributed by atoms with Gasteiger partial charge in [0.05, 0.1) is 5.75 Å². The molecule has 100 valence electrons. The van der Waals surface area contributed by atoms with Gasteiger partial charge in [0.1, 0.15) is 11.6 Å². The first-order chi connectivity index (χ1) is 8.38. The fraction of sp³-hybridized carbons (Fsp3) is 0.667. The number of anilines is 1. The second-order valence-corrected chi connectivity index (χ2v) is 6.28. The van der Waals surface area contributed by atoms with E-state index >= 15 is 0 Å². The molecule has 0 radical (unpaired) electrons. The first kappa shape index (κ1) is 13.4. The number of nitrogens with one attached hydrogen (secondary N) is 1. The fourth-order valence-electron chi connectivity index (χ4n) is 1.99. The molecular formula is C12H18N3O2S-. The van der Waals surface area contributed by atoms with Crippen molar-refractivity contribution in [2.24, 2.45) is 5.92 Å². The van der Waals surface area contributed by atoms with E-state index < -0.39 is 11.1 Å². The fourth-order valence-corrected chi connectivity index (χ4v) is 2.34. The van der Waals surface area contributed by atoms with E-state index in [2.05, 4.69) is 29.1 Å². The highest BCUT2D eigenvalue weighted by Crippen LogP contribution is 2.41. The van der Waals surface area contributed by atoms with Crippen LogP contribution in [0.15, 0.2) is 6.20 Å². The van der Waals surface area contributed by atoms with E-state index in [0.29, 0.717) is 11.7 Å². The summed E-state index contributed by atoms with van der Waals surface area (Å²) in [5, 5.41) is 3.41. The van der Waals surface area contributed by atoms with Gasteiger partial charge in [0.15, 0.2) is 0 Å². The first-order valence-electron chi connectivity index (χ1n) is 6.05. The van der Waals surface area contributed by atoms with Gasteiger partial charge in [0.2, 0.25) is 0 Å². The maximum Gasteiger partial charge on any atom is 0.141 e. The second kappa shape index (κ2) is 4.93. The van der Waals surface area contributed by atoms with Crippen molar-refractivity contribution in [1.29, 1.82) is 0 Å². The van der Waals surface area contributed by atoms with Crippen molar-refractivity contribution < 1.29 is 8.76 Å². The third-order valence-electron chi connectivity index (χ3n) is 3.31. The zero-order valence-electron chi connectivity index (χ0n) is 10.9. The highest BCUT2D eigenvalue weighted by molar-refractivity contribution is 7.78. The summed E-state index contributed by atoms with van der Waals surface area (Å²) in [4.78, 5) is 8.32. The van der Waals surface area contributed by atoms with Gasteiger partial charge in [-0.05, 0) is 50.6 Å². The Morgan fingerprint density at radius 3 is 2.78 bits per heavy atom. The van der Waals surface area contributed by atoms with Gasteiger partial charge in [-0.1, -0.05) is 0 Å². The smallest absolute Gasteiger partial charge is 0.141 e. The Labute approximate surface area is 110 Å². The van der Waals surface area contributed by atoms with Crippen molar-refractivity contribution in [3.8, 4) is 0 Å². The van der Waals surface area contributed by atoms with Crippen molar-refractivity contribution in [1.82, 2.24) is 9.97 Å². The minimum absolute atomic E-state index is 0.00694. The van der Waals surface area contributed by atoms with Gasteiger partial charge in [0.25, 0.3) is 0 Å². The standard InChI is InChI=1S/C12H19N3O2S/c1-8-6-13-10(7-18(16)17)14-11(8)15-12(2,3)9-4-5-9/h6,9H,4-5,7H2,1-3H3,(H,16,17)(H,13,14,15)/p-1. The summed E-state index contributed by atoms with van der Waals surface area (Å²) in [6, 6.07) is 0. The summed E-state index contributed by atoms with van der Waals surface area (Å²) in [5.74, 6) is 1.60. The average molecular weight is 268 g/mol. The molecule has 5 nitrogen and oxygen atoms in total. The molecule has 18 heavy (non-hydrogen) atoms. The SMILES string of the molecule is Cc1cnc(CS(=O)[O-])nc1NC(C)(C)C1CC1. The van der Waals surface area contributed by atoms with Gasteiger partial charge in [-0.25, -0.2) is 9.97 Å². The molecule has 0 amide bonds. The van der Waals surface area contributed by atoms with Crippen molar-refractivity contribution in [2.45, 2.75) is 44.9 Å². The average Bonchev–Trinajstić information content (AvgIpc) is 3.05. The third kappa shape index (κ3) is 3.26. The number of hydrogen-bond donors (Lipinski definition) is 1. The molecule has 1 heterocycles. The van der Waals surface area contributed by atoms with Gasteiger partial charge in [-0.2, -0.15) is 0 Å². The highest BCUT2D eigenvalue weighted by Gasteiger charge is 2.38. The molecule has 1 aliphatic carbocycles. The van der Waals surface area contributed by atoms with Crippen LogP contribution in [0.5, 0.6) is 0 Å². The van der Waals surface area contributed by atoms with Crippen molar-refractivity contribution in [3.63, 3.8) is 0 Å². The predicted octanol–water partition coefficient (Wildman–Crippen LogP) is 1.76. The van der Waals surface area contributed by atoms with Crippen LogP contribution < -0.4 is 5.32 Å². The minimum Gasteiger partial charge on any atom is -0.772 e. The molecular weight excluding hydrogens is 250 g/mol. The van der Waals surface area contributed by atoms with Gasteiger partial charge in [0, 0.05) is 17.3 Å². The molecule has 6 heteroatoms. The molecule has 0 bridgehead atoms. The molecule has 0 aromatic carbocycles. The van der Waals surface area contributed by atoms with Crippen LogP contribution >= 0.6 is 0 Å². The second-order valence-electron chi connectivity index (χ2n) is 5.39. The number of rotatable bonds is 5. The monoisotopic (exact) mass is 268 g/mol. The lowest BCUT2D eigenvalue weighted by atomic mass is 9.98. The Bertz CT molecular complexity index is 472. The number of aromatic nitrogens is 2. The highest BCUT2D eigenvalue weighted by atomic mass is 32.2. The van der Waals surface area contributed by atoms with Crippen LogP contribution in [0.2, 0.25) is 0 Å². The maximum absolute atomic E-state index is 10.7. The Kier molecular flexibility index (Phi) is 3.68. The van der Waals surface area contributed by atoms with E-state index in [4.69, 9.17) is 0 Å². The van der Waals surface area contributed by atoms with Gasteiger partial charge in [-0.15, -0.1) is 0 Å². The van der Waals surface area contributed by atoms with Crippen LogP contribution in [0, 0.1) is 12.8 Å². The number of nitrogens with zero attached hydrogens (tertiary/aromatic N) is 2. The Morgan fingerprint density at radius 2 is 2.22 bits per heavy atom. The molecule has 1 aliphatic rings. The van der Waals surface area contributed by atoms with Crippen molar-refractivity contribution in [2.75, 3.05) is 5.32 Å². The van der Waals surface area contributed by atoms with Crippen LogP contribution in [-0.2, 0) is 16.8 Å². The summed E-state index contributed by atoms with van der Waals surface area (Å²) in [7, 11) is 0. The molecule has 2 rings (SSSR count). The normalized spacial score (nSPS) is 17.6. The van der Waals surface area contributed by atoms with E-state index in [1.807, 2.05) is 6.92 Å². The Morgan fingerprint density at radius 1 is 1.56 bits per heavy atom. The lowest BCUT2D eigenvalue weighted by Crippen LogP contribution is -2.34. The lowest BCUT2D eigenvalue weighted by molar-refractivity contribution is 0.491. The van der Waals surface area contributed by atoms with Crippen LogP contribution in [0.1, 0.15) is 38.1 Å². The van der Waals surface area contributed by atoms with Gasteiger partial charge in [-0.3, -0.25) is 4.21 Å². The summed E-state index contributed by atoms with van der Waals surface area (Å²) >= 11 is -2.15. The lowest BCUT2D eigenvalue weighted by Gasteiger charge is -2.27. The van der Waals surface area contributed by atoms with Crippen LogP contribution in [0.25, 0.3) is 0 Å². The third-order valence-corrected chi connectivity index (χ3v) is 3.80. The molecule has 1 fully saturated rings. The summed E-state index contributed by atoms with van der Waals surface area (Å²) in [6.45, 7) is 6.22. The van der Waals surface area contributed by atoms with Crippen LogP contribution in [0.3, 0.4) is 0 Å². The molecule has 1 saturated carbocycles. The van der Waals surface area contributed by atoms with E-state index in [1.54, 1.807) is 6.20 Å². The Hall–Kier alpha value is -1.01. The zero-order valence-corrected chi connectivity index (χ0v) is 11.7. The van der Waals surface area contributed by atoms with Crippen molar-refractivity contribution in [3.05, 3.63) is 17.6 Å².